The molecule has 1 aromatic heterocycles. The number of carbonyl (C=O) groups is 2. The zero-order valence-electron chi connectivity index (χ0n) is 22.0. The quantitative estimate of drug-likeness (QED) is 0.365. The maximum atomic E-state index is 14.0. The topological polar surface area (TPSA) is 106 Å². The monoisotopic (exact) mass is 523 g/mol. The number of ether oxygens (including phenoxy) is 3. The number of aromatic nitrogens is 2. The maximum absolute atomic E-state index is 14.0. The van der Waals surface area contributed by atoms with Crippen molar-refractivity contribution in [1.82, 2.24) is 14.9 Å². The third-order valence-electron chi connectivity index (χ3n) is 6.71. The van der Waals surface area contributed by atoms with Crippen molar-refractivity contribution in [3.8, 4) is 0 Å². The van der Waals surface area contributed by atoms with Crippen molar-refractivity contribution in [2.24, 2.45) is 0 Å². The molecule has 2 fully saturated rings. The average molecular weight is 524 g/mol. The molecule has 1 aromatic carbocycles. The minimum atomic E-state index is -0.747. The lowest BCUT2D eigenvalue weighted by molar-refractivity contribution is 0.0756. The van der Waals surface area contributed by atoms with Crippen LogP contribution in [-0.4, -0.2) is 79.5 Å². The number of rotatable bonds is 10. The molecule has 2 aliphatic rings. The first-order valence-corrected chi connectivity index (χ1v) is 13.3. The third kappa shape index (κ3) is 7.92. The molecule has 10 nitrogen and oxygen atoms in total. The Bertz CT molecular complexity index is 1070. The van der Waals surface area contributed by atoms with Gasteiger partial charge in [0, 0.05) is 38.4 Å². The maximum Gasteiger partial charge on any atom is 0.508 e. The van der Waals surface area contributed by atoms with E-state index in [1.54, 1.807) is 23.2 Å². The van der Waals surface area contributed by atoms with Crippen molar-refractivity contribution in [2.45, 2.75) is 44.7 Å². The molecule has 0 spiro atoms. The van der Waals surface area contributed by atoms with Gasteiger partial charge >= 0.3 is 6.16 Å². The van der Waals surface area contributed by atoms with Gasteiger partial charge in [-0.1, -0.05) is 55.7 Å². The summed E-state index contributed by atoms with van der Waals surface area (Å²) in [6, 6.07) is 10.1. The number of anilines is 2. The van der Waals surface area contributed by atoms with Crippen molar-refractivity contribution >= 4 is 23.8 Å². The molecule has 1 saturated heterocycles. The summed E-state index contributed by atoms with van der Waals surface area (Å²) >= 11 is 0. The Balaban J connectivity index is 1.57. The minimum absolute atomic E-state index is 0.0614. The zero-order valence-corrected chi connectivity index (χ0v) is 22.0. The predicted octanol–water partition coefficient (Wildman–Crippen LogP) is 4.04. The van der Waals surface area contributed by atoms with Gasteiger partial charge in [-0.2, -0.15) is 4.98 Å². The Hall–Kier alpha value is -3.66. The number of hydrogen-bond donors (Lipinski definition) is 1. The highest BCUT2D eigenvalue weighted by Crippen LogP contribution is 2.25. The van der Waals surface area contributed by atoms with Crippen LogP contribution in [0.5, 0.6) is 0 Å². The molecule has 0 atom stereocenters. The van der Waals surface area contributed by atoms with Crippen LogP contribution >= 0.6 is 0 Å². The fourth-order valence-electron chi connectivity index (χ4n) is 4.63. The van der Waals surface area contributed by atoms with Gasteiger partial charge in [-0.15, -0.1) is 0 Å². The molecule has 0 radical (unpaired) electrons. The van der Waals surface area contributed by atoms with Crippen LogP contribution in [0.25, 0.3) is 0 Å². The van der Waals surface area contributed by atoms with Crippen LogP contribution in [0, 0.1) is 0 Å². The molecule has 204 valence electrons. The van der Waals surface area contributed by atoms with Crippen molar-refractivity contribution < 1.29 is 23.8 Å². The van der Waals surface area contributed by atoms with Gasteiger partial charge in [0.15, 0.2) is 0 Å². The summed E-state index contributed by atoms with van der Waals surface area (Å²) in [6.07, 6.45) is 10.1. The molecule has 10 heteroatoms. The minimum Gasteiger partial charge on any atom is -0.438 e. The number of carbonyl (C=O) groups excluding carboxylic acids is 2. The molecule has 1 amide bonds. The second-order valence-corrected chi connectivity index (χ2v) is 9.42. The molecule has 1 saturated carbocycles. The lowest BCUT2D eigenvalue weighted by Gasteiger charge is -2.29. The van der Waals surface area contributed by atoms with E-state index in [2.05, 4.69) is 19.9 Å². The number of nitrogens with zero attached hydrogens (tertiary/aromatic N) is 4. The number of methoxy groups -OCH3 is 1. The van der Waals surface area contributed by atoms with Gasteiger partial charge in [0.25, 0.3) is 5.91 Å². The second kappa shape index (κ2) is 14.3. The van der Waals surface area contributed by atoms with Crippen LogP contribution in [0.15, 0.2) is 48.7 Å². The van der Waals surface area contributed by atoms with Crippen LogP contribution in [0.3, 0.4) is 0 Å². The molecular formula is C28H37N5O5. The van der Waals surface area contributed by atoms with Gasteiger partial charge in [-0.25, -0.2) is 9.78 Å². The second-order valence-electron chi connectivity index (χ2n) is 9.42. The first-order chi connectivity index (χ1) is 18.6. The van der Waals surface area contributed by atoms with E-state index >= 15 is 0 Å². The van der Waals surface area contributed by atoms with Crippen LogP contribution in [0.2, 0.25) is 0 Å². The summed E-state index contributed by atoms with van der Waals surface area (Å²) < 4.78 is 14.9. The van der Waals surface area contributed by atoms with E-state index in [-0.39, 0.29) is 18.6 Å². The fourth-order valence-corrected chi connectivity index (χ4v) is 4.63. The summed E-state index contributed by atoms with van der Waals surface area (Å²) in [7, 11) is 1.26. The van der Waals surface area contributed by atoms with E-state index in [1.165, 1.54) is 26.4 Å². The molecule has 1 N–H and O–H groups in total. The van der Waals surface area contributed by atoms with Gasteiger partial charge in [-0.05, 0) is 24.5 Å². The van der Waals surface area contributed by atoms with E-state index < -0.39 is 6.16 Å². The highest BCUT2D eigenvalue weighted by atomic mass is 16.7. The molecule has 1 aliphatic carbocycles. The number of morpholine rings is 1. The van der Waals surface area contributed by atoms with Gasteiger partial charge in [-0.3, -0.25) is 4.79 Å². The van der Waals surface area contributed by atoms with Gasteiger partial charge < -0.3 is 29.3 Å². The smallest absolute Gasteiger partial charge is 0.438 e. The molecular weight excluding hydrogens is 486 g/mol. The molecule has 38 heavy (non-hydrogen) atoms. The first-order valence-electron chi connectivity index (χ1n) is 13.3. The van der Waals surface area contributed by atoms with Crippen LogP contribution in [0.4, 0.5) is 16.6 Å². The van der Waals surface area contributed by atoms with Crippen molar-refractivity contribution in [3.05, 3.63) is 59.8 Å². The normalized spacial score (nSPS) is 16.3. The summed E-state index contributed by atoms with van der Waals surface area (Å²) in [4.78, 5) is 38.4. The van der Waals surface area contributed by atoms with E-state index in [9.17, 15) is 9.59 Å². The molecule has 2 heterocycles. The summed E-state index contributed by atoms with van der Waals surface area (Å²) in [5, 5.41) is 3.58. The Kier molecular flexibility index (Phi) is 10.3. The van der Waals surface area contributed by atoms with E-state index in [0.29, 0.717) is 56.7 Å². The summed E-state index contributed by atoms with van der Waals surface area (Å²) in [5.74, 6) is 1.02. The van der Waals surface area contributed by atoms with Crippen LogP contribution < -0.4 is 10.2 Å². The lowest BCUT2D eigenvalue weighted by Crippen LogP contribution is -2.38. The third-order valence-corrected chi connectivity index (χ3v) is 6.71. The molecule has 1 aliphatic heterocycles. The SMILES string of the molecule is COC(=O)OC/C=C/CN(Cc1ccccc1)C(=O)c1cnc(N2CCOCC2)nc1NC1CCCCC1. The van der Waals surface area contributed by atoms with Gasteiger partial charge in [0.05, 0.1) is 20.3 Å². The molecule has 0 unspecified atom stereocenters. The van der Waals surface area contributed by atoms with Crippen LogP contribution in [0.1, 0.15) is 48.0 Å². The standard InChI is InChI=1S/C28H37N5O5/c1-36-28(35)38-17-9-8-14-33(21-22-10-4-2-5-11-22)26(34)24-20-29-27(32-15-18-37-19-16-32)31-25(24)30-23-12-6-3-7-13-23/h2,4-5,8-11,20,23H,3,6-7,12-19,21H2,1H3,(H,29,30,31)/b9-8+. The number of nitrogens with one attached hydrogen (secondary N) is 1. The predicted molar refractivity (Wildman–Crippen MR) is 144 cm³/mol. The summed E-state index contributed by atoms with van der Waals surface area (Å²) in [5.41, 5.74) is 1.45. The number of benzene rings is 1. The van der Waals surface area contributed by atoms with Crippen molar-refractivity contribution in [3.63, 3.8) is 0 Å². The first kappa shape index (κ1) is 27.4. The number of hydrogen-bond acceptors (Lipinski definition) is 9. The average Bonchev–Trinajstić information content (AvgIpc) is 2.97. The summed E-state index contributed by atoms with van der Waals surface area (Å²) in [6.45, 7) is 3.50. The molecule has 4 rings (SSSR count). The Morgan fingerprint density at radius 1 is 1.13 bits per heavy atom. The van der Waals surface area contributed by atoms with Crippen LogP contribution in [-0.2, 0) is 20.8 Å². The zero-order chi connectivity index (χ0) is 26.6. The van der Waals surface area contributed by atoms with Crippen molar-refractivity contribution in [1.29, 1.82) is 0 Å². The largest absolute Gasteiger partial charge is 0.508 e. The number of amides is 1. The Morgan fingerprint density at radius 3 is 2.63 bits per heavy atom. The van der Waals surface area contributed by atoms with Crippen molar-refractivity contribution in [2.75, 3.05) is 56.8 Å². The highest BCUT2D eigenvalue weighted by Gasteiger charge is 2.25. The molecule has 0 bridgehead atoms. The Morgan fingerprint density at radius 2 is 1.89 bits per heavy atom. The lowest BCUT2D eigenvalue weighted by atomic mass is 9.95. The van der Waals surface area contributed by atoms with Gasteiger partial charge in [0.2, 0.25) is 5.95 Å². The van der Waals surface area contributed by atoms with E-state index in [0.717, 1.165) is 18.4 Å². The highest BCUT2D eigenvalue weighted by molar-refractivity contribution is 5.98. The fraction of sp³-hybridized carbons (Fsp3) is 0.500. The Labute approximate surface area is 224 Å². The van der Waals surface area contributed by atoms with E-state index in [1.807, 2.05) is 30.3 Å². The molecule has 2 aromatic rings. The van der Waals surface area contributed by atoms with Gasteiger partial charge in [0.1, 0.15) is 18.0 Å². The van der Waals surface area contributed by atoms with E-state index in [4.69, 9.17) is 14.5 Å².